The van der Waals surface area contributed by atoms with Gasteiger partial charge in [-0.1, -0.05) is 24.3 Å². The fourth-order valence-electron chi connectivity index (χ4n) is 2.38. The Kier molecular flexibility index (Phi) is 5.32. The number of carbonyl (C=O) groups excluding carboxylic acids is 1. The van der Waals surface area contributed by atoms with Crippen LogP contribution in [0, 0.1) is 25.2 Å². The summed E-state index contributed by atoms with van der Waals surface area (Å²) in [6.45, 7) is 6.71. The van der Waals surface area contributed by atoms with Crippen LogP contribution in [-0.4, -0.2) is 24.0 Å². The number of rotatable bonds is 5. The van der Waals surface area contributed by atoms with Crippen molar-refractivity contribution in [2.24, 2.45) is 0 Å². The molecule has 0 radical (unpaired) electrons. The van der Waals surface area contributed by atoms with Crippen molar-refractivity contribution in [1.82, 2.24) is 4.98 Å². The monoisotopic (exact) mass is 308 g/mol. The van der Waals surface area contributed by atoms with E-state index in [2.05, 4.69) is 10.3 Å². The topological polar surface area (TPSA) is 69.0 Å². The molecule has 5 nitrogen and oxygen atoms in total. The van der Waals surface area contributed by atoms with Crippen LogP contribution < -0.4 is 10.2 Å². The Bertz CT molecular complexity index is 729. The number of carbonyl (C=O) groups is 1. The Morgan fingerprint density at radius 2 is 1.87 bits per heavy atom. The highest BCUT2D eigenvalue weighted by Gasteiger charge is 2.13. The van der Waals surface area contributed by atoms with Crippen molar-refractivity contribution in [1.29, 1.82) is 5.26 Å². The minimum absolute atomic E-state index is 0.103. The van der Waals surface area contributed by atoms with Crippen molar-refractivity contribution in [2.45, 2.75) is 20.8 Å². The van der Waals surface area contributed by atoms with Crippen molar-refractivity contribution in [3.63, 3.8) is 0 Å². The van der Waals surface area contributed by atoms with E-state index in [0.29, 0.717) is 18.1 Å². The predicted octanol–water partition coefficient (Wildman–Crippen LogP) is 3.04. The third kappa shape index (κ3) is 4.07. The van der Waals surface area contributed by atoms with Gasteiger partial charge in [0, 0.05) is 12.2 Å². The maximum Gasteiger partial charge on any atom is 0.243 e. The van der Waals surface area contributed by atoms with Crippen LogP contribution in [0.5, 0.6) is 0 Å². The SMILES string of the molecule is CCN(CC(=O)Nc1c(C)cccc1C)c1cccc(C#N)n1. The first-order valence-electron chi connectivity index (χ1n) is 7.53. The zero-order valence-electron chi connectivity index (χ0n) is 13.6. The molecule has 1 aromatic heterocycles. The molecule has 0 aliphatic carbocycles. The van der Waals surface area contributed by atoms with Crippen molar-refractivity contribution >= 4 is 17.4 Å². The number of nitriles is 1. The number of nitrogens with zero attached hydrogens (tertiary/aromatic N) is 3. The average molecular weight is 308 g/mol. The molecule has 2 rings (SSSR count). The lowest BCUT2D eigenvalue weighted by Crippen LogP contribution is -2.34. The number of hydrogen-bond acceptors (Lipinski definition) is 4. The maximum atomic E-state index is 12.4. The number of hydrogen-bond donors (Lipinski definition) is 1. The van der Waals surface area contributed by atoms with Gasteiger partial charge in [-0.05, 0) is 44.0 Å². The summed E-state index contributed by atoms with van der Waals surface area (Å²) in [7, 11) is 0. The first kappa shape index (κ1) is 16.5. The summed E-state index contributed by atoms with van der Waals surface area (Å²) >= 11 is 0. The second-order valence-corrected chi connectivity index (χ2v) is 5.32. The highest BCUT2D eigenvalue weighted by Crippen LogP contribution is 2.19. The van der Waals surface area contributed by atoms with Gasteiger partial charge in [0.15, 0.2) is 0 Å². The molecule has 1 N–H and O–H groups in total. The summed E-state index contributed by atoms with van der Waals surface area (Å²) in [6, 6.07) is 13.1. The number of anilines is 2. The number of aryl methyl sites for hydroxylation is 2. The molecule has 0 unspecified atom stereocenters. The van der Waals surface area contributed by atoms with Gasteiger partial charge in [0.1, 0.15) is 17.6 Å². The molecule has 0 bridgehead atoms. The highest BCUT2D eigenvalue weighted by molar-refractivity contribution is 5.95. The molecule has 1 amide bonds. The molecule has 5 heteroatoms. The number of aromatic nitrogens is 1. The van der Waals surface area contributed by atoms with Crippen LogP contribution in [0.2, 0.25) is 0 Å². The second kappa shape index (κ2) is 7.41. The Hall–Kier alpha value is -2.87. The Labute approximate surface area is 136 Å². The molecule has 0 fully saturated rings. The fourth-order valence-corrected chi connectivity index (χ4v) is 2.38. The van der Waals surface area contributed by atoms with E-state index in [4.69, 9.17) is 5.26 Å². The molecule has 0 aliphatic rings. The van der Waals surface area contributed by atoms with Gasteiger partial charge < -0.3 is 10.2 Å². The molecule has 1 aromatic carbocycles. The quantitative estimate of drug-likeness (QED) is 0.921. The summed E-state index contributed by atoms with van der Waals surface area (Å²) in [5.74, 6) is 0.525. The summed E-state index contributed by atoms with van der Waals surface area (Å²) in [5, 5.41) is 11.9. The predicted molar refractivity (Wildman–Crippen MR) is 91.4 cm³/mol. The van der Waals surface area contributed by atoms with E-state index in [1.54, 1.807) is 18.2 Å². The van der Waals surface area contributed by atoms with Crippen LogP contribution in [0.25, 0.3) is 0 Å². The van der Waals surface area contributed by atoms with Gasteiger partial charge >= 0.3 is 0 Å². The summed E-state index contributed by atoms with van der Waals surface area (Å²) in [4.78, 5) is 18.4. The van der Waals surface area contributed by atoms with E-state index in [0.717, 1.165) is 16.8 Å². The van der Waals surface area contributed by atoms with Gasteiger partial charge in [0.25, 0.3) is 0 Å². The van der Waals surface area contributed by atoms with Crippen molar-refractivity contribution in [3.05, 3.63) is 53.2 Å². The minimum atomic E-state index is -0.103. The zero-order valence-corrected chi connectivity index (χ0v) is 13.6. The van der Waals surface area contributed by atoms with Gasteiger partial charge in [0.05, 0.1) is 6.54 Å². The number of nitrogens with one attached hydrogen (secondary N) is 1. The van der Waals surface area contributed by atoms with E-state index < -0.39 is 0 Å². The van der Waals surface area contributed by atoms with Crippen LogP contribution in [0.3, 0.4) is 0 Å². The largest absolute Gasteiger partial charge is 0.348 e. The molecule has 0 saturated heterocycles. The van der Waals surface area contributed by atoms with E-state index >= 15 is 0 Å². The van der Waals surface area contributed by atoms with Crippen molar-refractivity contribution < 1.29 is 4.79 Å². The first-order valence-corrected chi connectivity index (χ1v) is 7.53. The second-order valence-electron chi connectivity index (χ2n) is 5.32. The molecule has 118 valence electrons. The van der Waals surface area contributed by atoms with Crippen molar-refractivity contribution in [2.75, 3.05) is 23.3 Å². The molecule has 0 aliphatic heterocycles. The number of likely N-dealkylation sites (N-methyl/N-ethyl adjacent to an activating group) is 1. The van der Waals surface area contributed by atoms with E-state index in [9.17, 15) is 4.79 Å². The highest BCUT2D eigenvalue weighted by atomic mass is 16.2. The van der Waals surface area contributed by atoms with Gasteiger partial charge in [-0.3, -0.25) is 4.79 Å². The molecule has 2 aromatic rings. The molecular weight excluding hydrogens is 288 g/mol. The van der Waals surface area contributed by atoms with Gasteiger partial charge in [-0.2, -0.15) is 5.26 Å². The summed E-state index contributed by atoms with van der Waals surface area (Å²) in [5.41, 5.74) is 3.26. The normalized spacial score (nSPS) is 10.0. The smallest absolute Gasteiger partial charge is 0.243 e. The third-order valence-corrected chi connectivity index (χ3v) is 3.63. The number of amides is 1. The van der Waals surface area contributed by atoms with Crippen LogP contribution in [0.1, 0.15) is 23.7 Å². The average Bonchev–Trinajstić information content (AvgIpc) is 2.56. The van der Waals surface area contributed by atoms with Gasteiger partial charge in [-0.15, -0.1) is 0 Å². The fraction of sp³-hybridized carbons (Fsp3) is 0.278. The zero-order chi connectivity index (χ0) is 16.8. The maximum absolute atomic E-state index is 12.4. The Morgan fingerprint density at radius 3 is 2.48 bits per heavy atom. The molecule has 23 heavy (non-hydrogen) atoms. The standard InChI is InChI=1S/C18H20N4O/c1-4-22(16-10-6-9-15(11-19)20-16)12-17(23)21-18-13(2)7-5-8-14(18)3/h5-10H,4,12H2,1-3H3,(H,21,23). The summed E-state index contributed by atoms with van der Waals surface area (Å²) < 4.78 is 0. The minimum Gasteiger partial charge on any atom is -0.348 e. The van der Waals surface area contributed by atoms with E-state index in [1.165, 1.54) is 0 Å². The molecular formula is C18H20N4O. The third-order valence-electron chi connectivity index (χ3n) is 3.63. The molecule has 0 saturated carbocycles. The molecule has 0 spiro atoms. The van der Waals surface area contributed by atoms with E-state index in [-0.39, 0.29) is 12.5 Å². The Morgan fingerprint density at radius 1 is 1.22 bits per heavy atom. The number of pyridine rings is 1. The lowest BCUT2D eigenvalue weighted by Gasteiger charge is -2.22. The first-order chi connectivity index (χ1) is 11.0. The van der Waals surface area contributed by atoms with Gasteiger partial charge in [-0.25, -0.2) is 4.98 Å². The lowest BCUT2D eigenvalue weighted by molar-refractivity contribution is -0.115. The number of benzene rings is 1. The molecule has 0 atom stereocenters. The number of para-hydroxylation sites is 1. The van der Waals surface area contributed by atoms with Crippen LogP contribution in [-0.2, 0) is 4.79 Å². The molecule has 1 heterocycles. The van der Waals surface area contributed by atoms with Crippen LogP contribution in [0.15, 0.2) is 36.4 Å². The lowest BCUT2D eigenvalue weighted by atomic mass is 10.1. The van der Waals surface area contributed by atoms with Gasteiger partial charge in [0.2, 0.25) is 5.91 Å². The van der Waals surface area contributed by atoms with Crippen molar-refractivity contribution in [3.8, 4) is 6.07 Å². The van der Waals surface area contributed by atoms with Crippen LogP contribution in [0.4, 0.5) is 11.5 Å². The van der Waals surface area contributed by atoms with E-state index in [1.807, 2.05) is 49.9 Å². The Balaban J connectivity index is 2.12. The van der Waals surface area contributed by atoms with Crippen LogP contribution >= 0.6 is 0 Å². The summed E-state index contributed by atoms with van der Waals surface area (Å²) in [6.07, 6.45) is 0.